The number of nitrogens with zero attached hydrogens (tertiary/aromatic N) is 5. The van der Waals surface area contributed by atoms with Crippen LogP contribution in [0.2, 0.25) is 0 Å². The van der Waals surface area contributed by atoms with Gasteiger partial charge in [0, 0.05) is 18.7 Å². The summed E-state index contributed by atoms with van der Waals surface area (Å²) in [5, 5.41) is 9.33. The maximum absolute atomic E-state index is 12.9. The van der Waals surface area contributed by atoms with Gasteiger partial charge in [-0.3, -0.25) is 0 Å². The molecule has 0 saturated heterocycles. The second kappa shape index (κ2) is 6.30. The molecule has 3 heterocycles. The molecule has 1 aliphatic rings. The van der Waals surface area contributed by atoms with Crippen LogP contribution in [0.25, 0.3) is 21.6 Å². The fourth-order valence-corrected chi connectivity index (χ4v) is 4.32. The van der Waals surface area contributed by atoms with Crippen LogP contribution in [0, 0.1) is 0 Å². The number of fused-ring (bicyclic) bond motifs is 2. The molecule has 0 bridgehead atoms. The van der Waals surface area contributed by atoms with Crippen LogP contribution in [-0.2, 0) is 19.3 Å². The molecule has 2 aromatic heterocycles. The van der Waals surface area contributed by atoms with Gasteiger partial charge in [-0.2, -0.15) is 13.2 Å². The quantitative estimate of drug-likeness (QED) is 0.493. The van der Waals surface area contributed by atoms with Crippen molar-refractivity contribution in [2.24, 2.45) is 0 Å². The largest absolute Gasteiger partial charge is 0.416 e. The number of aromatic nitrogens is 4. The van der Waals surface area contributed by atoms with E-state index in [0.29, 0.717) is 30.3 Å². The average molecular weight is 401 g/mol. The summed E-state index contributed by atoms with van der Waals surface area (Å²) < 4.78 is 41.6. The summed E-state index contributed by atoms with van der Waals surface area (Å²) in [5.41, 5.74) is 0.698. The van der Waals surface area contributed by atoms with Gasteiger partial charge in [-0.25, -0.2) is 4.98 Å². The normalized spacial score (nSPS) is 14.5. The van der Waals surface area contributed by atoms with Gasteiger partial charge in [0.2, 0.25) is 0 Å². The zero-order chi connectivity index (χ0) is 19.3. The third kappa shape index (κ3) is 2.91. The Kier molecular flexibility index (Phi) is 3.87. The molecule has 5 rings (SSSR count). The fourth-order valence-electron chi connectivity index (χ4n) is 3.35. The zero-order valence-electron chi connectivity index (χ0n) is 14.5. The number of hydrogen-bond donors (Lipinski definition) is 0. The van der Waals surface area contributed by atoms with Crippen molar-refractivity contribution in [3.63, 3.8) is 0 Å². The Labute approximate surface area is 162 Å². The standard InChI is InChI=1S/C19H14F3N5S/c20-19(21,22)13-6-7-15-14(10-13)23-18(28-15)26-8-9-27-16(11-26)24-25-17(27)12-4-2-1-3-5-12/h1-7,10H,8-9,11H2. The Morgan fingerprint density at radius 1 is 0.964 bits per heavy atom. The average Bonchev–Trinajstić information content (AvgIpc) is 3.31. The maximum Gasteiger partial charge on any atom is 0.416 e. The van der Waals surface area contributed by atoms with E-state index >= 15 is 0 Å². The summed E-state index contributed by atoms with van der Waals surface area (Å²) in [7, 11) is 0. The van der Waals surface area contributed by atoms with Crippen molar-refractivity contribution in [2.75, 3.05) is 11.4 Å². The van der Waals surface area contributed by atoms with Gasteiger partial charge in [0.1, 0.15) is 0 Å². The first-order valence-corrected chi connectivity index (χ1v) is 9.51. The first-order chi connectivity index (χ1) is 13.5. The number of anilines is 1. The van der Waals surface area contributed by atoms with Gasteiger partial charge in [0.15, 0.2) is 16.8 Å². The van der Waals surface area contributed by atoms with E-state index in [0.717, 1.165) is 34.0 Å². The molecule has 142 valence electrons. The minimum absolute atomic E-state index is 0.367. The van der Waals surface area contributed by atoms with Crippen molar-refractivity contribution < 1.29 is 13.2 Å². The maximum atomic E-state index is 12.9. The van der Waals surface area contributed by atoms with E-state index in [1.165, 1.54) is 17.4 Å². The van der Waals surface area contributed by atoms with Crippen molar-refractivity contribution in [3.8, 4) is 11.4 Å². The van der Waals surface area contributed by atoms with Crippen LogP contribution in [0.1, 0.15) is 11.4 Å². The third-order valence-corrected chi connectivity index (χ3v) is 5.86. The van der Waals surface area contributed by atoms with Crippen LogP contribution < -0.4 is 4.90 Å². The van der Waals surface area contributed by atoms with Crippen LogP contribution in [0.5, 0.6) is 0 Å². The first-order valence-electron chi connectivity index (χ1n) is 8.69. The molecule has 0 atom stereocenters. The van der Waals surface area contributed by atoms with Crippen LogP contribution in [0.3, 0.4) is 0 Å². The molecule has 0 fully saturated rings. The Balaban J connectivity index is 1.44. The van der Waals surface area contributed by atoms with Crippen molar-refractivity contribution in [3.05, 3.63) is 59.9 Å². The van der Waals surface area contributed by atoms with Crippen molar-refractivity contribution in [2.45, 2.75) is 19.3 Å². The number of rotatable bonds is 2. The van der Waals surface area contributed by atoms with Gasteiger partial charge < -0.3 is 9.47 Å². The molecule has 9 heteroatoms. The molecule has 0 unspecified atom stereocenters. The van der Waals surface area contributed by atoms with Gasteiger partial charge >= 0.3 is 6.18 Å². The highest BCUT2D eigenvalue weighted by Gasteiger charge is 2.31. The highest BCUT2D eigenvalue weighted by molar-refractivity contribution is 7.22. The zero-order valence-corrected chi connectivity index (χ0v) is 15.3. The van der Waals surface area contributed by atoms with E-state index in [4.69, 9.17) is 0 Å². The van der Waals surface area contributed by atoms with Crippen LogP contribution >= 0.6 is 11.3 Å². The molecule has 0 radical (unpaired) electrons. The van der Waals surface area contributed by atoms with E-state index in [1.807, 2.05) is 35.2 Å². The van der Waals surface area contributed by atoms with Crippen molar-refractivity contribution >= 4 is 26.7 Å². The summed E-state index contributed by atoms with van der Waals surface area (Å²) in [4.78, 5) is 6.47. The molecule has 4 aromatic rings. The van der Waals surface area contributed by atoms with E-state index < -0.39 is 11.7 Å². The molecule has 0 amide bonds. The summed E-state index contributed by atoms with van der Waals surface area (Å²) in [6.07, 6.45) is -4.37. The van der Waals surface area contributed by atoms with Gasteiger partial charge in [-0.15, -0.1) is 10.2 Å². The van der Waals surface area contributed by atoms with Gasteiger partial charge in [0.25, 0.3) is 0 Å². The van der Waals surface area contributed by atoms with E-state index in [-0.39, 0.29) is 0 Å². The lowest BCUT2D eigenvalue weighted by Gasteiger charge is -2.27. The molecular formula is C19H14F3N5S. The summed E-state index contributed by atoms with van der Waals surface area (Å²) in [5.74, 6) is 1.65. The SMILES string of the molecule is FC(F)(F)c1ccc2sc(N3CCn4c(nnc4-c4ccccc4)C3)nc2c1. The van der Waals surface area contributed by atoms with Gasteiger partial charge in [-0.05, 0) is 18.2 Å². The van der Waals surface area contributed by atoms with E-state index in [9.17, 15) is 13.2 Å². The molecule has 1 aliphatic heterocycles. The number of halogens is 3. The minimum Gasteiger partial charge on any atom is -0.339 e. The second-order valence-electron chi connectivity index (χ2n) is 6.56. The monoisotopic (exact) mass is 401 g/mol. The molecule has 0 spiro atoms. The number of hydrogen-bond acceptors (Lipinski definition) is 5. The molecule has 0 N–H and O–H groups in total. The lowest BCUT2D eigenvalue weighted by molar-refractivity contribution is -0.137. The summed E-state index contributed by atoms with van der Waals surface area (Å²) in [6.45, 7) is 1.90. The van der Waals surface area contributed by atoms with E-state index in [2.05, 4.69) is 19.7 Å². The molecule has 0 saturated carbocycles. The predicted octanol–water partition coefficient (Wildman–Crippen LogP) is 4.59. The minimum atomic E-state index is -4.37. The number of benzene rings is 2. The summed E-state index contributed by atoms with van der Waals surface area (Å²) in [6, 6.07) is 13.6. The predicted molar refractivity (Wildman–Crippen MR) is 101 cm³/mol. The Morgan fingerprint density at radius 2 is 1.79 bits per heavy atom. The highest BCUT2D eigenvalue weighted by atomic mass is 32.1. The van der Waals surface area contributed by atoms with Crippen molar-refractivity contribution in [1.29, 1.82) is 0 Å². The topological polar surface area (TPSA) is 46.8 Å². The number of alkyl halides is 3. The number of thiazole rings is 1. The third-order valence-electron chi connectivity index (χ3n) is 4.76. The fraction of sp³-hybridized carbons (Fsp3) is 0.211. The molecule has 0 aliphatic carbocycles. The van der Waals surface area contributed by atoms with Gasteiger partial charge in [0.05, 0.1) is 22.3 Å². The Bertz CT molecular complexity index is 1150. The molecule has 5 nitrogen and oxygen atoms in total. The Morgan fingerprint density at radius 3 is 2.57 bits per heavy atom. The highest BCUT2D eigenvalue weighted by Crippen LogP contribution is 2.36. The lowest BCUT2D eigenvalue weighted by Crippen LogP contribution is -2.33. The molecular weight excluding hydrogens is 387 g/mol. The van der Waals surface area contributed by atoms with E-state index in [1.54, 1.807) is 0 Å². The van der Waals surface area contributed by atoms with Crippen LogP contribution in [0.4, 0.5) is 18.3 Å². The second-order valence-corrected chi connectivity index (χ2v) is 7.56. The molecule has 28 heavy (non-hydrogen) atoms. The molecule has 2 aromatic carbocycles. The first kappa shape index (κ1) is 17.2. The lowest BCUT2D eigenvalue weighted by atomic mass is 10.2. The Hall–Kier alpha value is -2.94. The van der Waals surface area contributed by atoms with Gasteiger partial charge in [-0.1, -0.05) is 41.7 Å². The van der Waals surface area contributed by atoms with Crippen molar-refractivity contribution in [1.82, 2.24) is 19.7 Å². The summed E-state index contributed by atoms with van der Waals surface area (Å²) >= 11 is 1.39. The van der Waals surface area contributed by atoms with Crippen LogP contribution in [0.15, 0.2) is 48.5 Å². The van der Waals surface area contributed by atoms with Crippen LogP contribution in [-0.4, -0.2) is 26.3 Å². The smallest absolute Gasteiger partial charge is 0.339 e.